The molecule has 0 unspecified atom stereocenters. The highest BCUT2D eigenvalue weighted by atomic mass is 79.9. The van der Waals surface area contributed by atoms with Crippen LogP contribution in [0.1, 0.15) is 12.8 Å². The van der Waals surface area contributed by atoms with Gasteiger partial charge in [-0.05, 0) is 19.0 Å². The van der Waals surface area contributed by atoms with Crippen LogP contribution < -0.4 is 0 Å². The standard InChI is InChI=1S/C4H6BrOS/c5-3-1-2-4(6)7/h1-3H2. The van der Waals surface area contributed by atoms with Crippen molar-refractivity contribution in [3.05, 3.63) is 0 Å². The molecule has 0 atom stereocenters. The molecule has 1 nitrogen and oxygen atoms in total. The number of hydrogen-bond donors (Lipinski definition) is 0. The van der Waals surface area contributed by atoms with E-state index in [0.717, 1.165) is 11.8 Å². The van der Waals surface area contributed by atoms with Gasteiger partial charge in [-0.15, -0.1) is 0 Å². The molecule has 41 valence electrons. The van der Waals surface area contributed by atoms with Crippen molar-refractivity contribution in [2.75, 3.05) is 5.33 Å². The van der Waals surface area contributed by atoms with Crippen LogP contribution in [0.2, 0.25) is 0 Å². The molecule has 0 aromatic heterocycles. The van der Waals surface area contributed by atoms with Crippen LogP contribution in [0.5, 0.6) is 0 Å². The fraction of sp³-hybridized carbons (Fsp3) is 0.750. The first-order valence-corrected chi connectivity index (χ1v) is 3.56. The minimum atomic E-state index is -0.139. The minimum Gasteiger partial charge on any atom is -0.282 e. The Morgan fingerprint density at radius 3 is 2.43 bits per heavy atom. The first kappa shape index (κ1) is 7.37. The minimum absolute atomic E-state index is 0.139. The molecule has 0 saturated carbocycles. The molecule has 0 heterocycles. The highest BCUT2D eigenvalue weighted by Crippen LogP contribution is 1.96. The quantitative estimate of drug-likeness (QED) is 0.609. The lowest BCUT2D eigenvalue weighted by Gasteiger charge is -1.83. The molecule has 0 spiro atoms. The summed E-state index contributed by atoms with van der Waals surface area (Å²) in [6, 6.07) is 0. The molecule has 0 amide bonds. The van der Waals surface area contributed by atoms with E-state index in [-0.39, 0.29) is 5.12 Å². The Hall–Kier alpha value is 0.370. The number of rotatable bonds is 3. The SMILES string of the molecule is O=C([S])CCCBr. The van der Waals surface area contributed by atoms with E-state index in [4.69, 9.17) is 0 Å². The lowest BCUT2D eigenvalue weighted by atomic mass is 10.4. The van der Waals surface area contributed by atoms with Crippen molar-refractivity contribution in [1.82, 2.24) is 0 Å². The van der Waals surface area contributed by atoms with E-state index in [1.54, 1.807) is 0 Å². The highest BCUT2D eigenvalue weighted by molar-refractivity contribution is 9.09. The summed E-state index contributed by atoms with van der Waals surface area (Å²) in [5.74, 6) is 0. The molecule has 0 bridgehead atoms. The average molecular weight is 182 g/mol. The fourth-order valence-corrected chi connectivity index (χ4v) is 0.636. The second kappa shape index (κ2) is 4.53. The summed E-state index contributed by atoms with van der Waals surface area (Å²) in [5.41, 5.74) is 0. The molecule has 0 aromatic rings. The molecule has 0 aromatic carbocycles. The van der Waals surface area contributed by atoms with E-state index < -0.39 is 0 Å². The monoisotopic (exact) mass is 181 g/mol. The summed E-state index contributed by atoms with van der Waals surface area (Å²) in [4.78, 5) is 10.00. The van der Waals surface area contributed by atoms with Crippen molar-refractivity contribution in [1.29, 1.82) is 0 Å². The summed E-state index contributed by atoms with van der Waals surface area (Å²) in [5, 5.41) is 0.731. The van der Waals surface area contributed by atoms with Crippen molar-refractivity contribution >= 4 is 33.7 Å². The molecule has 0 aliphatic carbocycles. The maximum atomic E-state index is 10.00. The predicted molar refractivity (Wildman–Crippen MR) is 35.6 cm³/mol. The van der Waals surface area contributed by atoms with Crippen LogP contribution in [0.15, 0.2) is 0 Å². The first-order chi connectivity index (χ1) is 3.27. The predicted octanol–water partition coefficient (Wildman–Crippen LogP) is 1.89. The van der Waals surface area contributed by atoms with Gasteiger partial charge in [0, 0.05) is 11.8 Å². The summed E-state index contributed by atoms with van der Waals surface area (Å²) >= 11 is 7.46. The Kier molecular flexibility index (Phi) is 4.77. The molecule has 0 fully saturated rings. The Bertz CT molecular complexity index is 64.7. The summed E-state index contributed by atoms with van der Waals surface area (Å²) in [6.07, 6.45) is 1.39. The van der Waals surface area contributed by atoms with E-state index in [1.807, 2.05) is 0 Å². The topological polar surface area (TPSA) is 17.1 Å². The fourth-order valence-electron chi connectivity index (χ4n) is 0.211. The van der Waals surface area contributed by atoms with E-state index in [1.165, 1.54) is 0 Å². The average Bonchev–Trinajstić information content (AvgIpc) is 1.61. The van der Waals surface area contributed by atoms with E-state index in [0.29, 0.717) is 6.42 Å². The zero-order valence-electron chi connectivity index (χ0n) is 3.82. The van der Waals surface area contributed by atoms with Crippen LogP contribution in [-0.4, -0.2) is 10.4 Å². The Morgan fingerprint density at radius 2 is 2.29 bits per heavy atom. The zero-order chi connectivity index (χ0) is 5.70. The van der Waals surface area contributed by atoms with Gasteiger partial charge in [0.2, 0.25) is 5.12 Å². The second-order valence-corrected chi connectivity index (χ2v) is 2.41. The van der Waals surface area contributed by atoms with Gasteiger partial charge in [-0.1, -0.05) is 15.9 Å². The molecule has 3 heteroatoms. The van der Waals surface area contributed by atoms with Gasteiger partial charge >= 0.3 is 0 Å². The maximum absolute atomic E-state index is 10.00. The van der Waals surface area contributed by atoms with E-state index in [9.17, 15) is 4.79 Å². The third-order valence-corrected chi connectivity index (χ3v) is 1.28. The molecular formula is C4H6BrOS. The maximum Gasteiger partial charge on any atom is 0.218 e. The molecule has 0 N–H and O–H groups in total. The number of alkyl halides is 1. The van der Waals surface area contributed by atoms with Crippen LogP contribution in [0.25, 0.3) is 0 Å². The van der Waals surface area contributed by atoms with Crippen LogP contribution in [0, 0.1) is 0 Å². The van der Waals surface area contributed by atoms with Crippen molar-refractivity contribution in [2.45, 2.75) is 12.8 Å². The van der Waals surface area contributed by atoms with Crippen LogP contribution >= 0.6 is 28.6 Å². The molecular weight excluding hydrogens is 176 g/mol. The largest absolute Gasteiger partial charge is 0.282 e. The van der Waals surface area contributed by atoms with E-state index in [2.05, 4.69) is 28.6 Å². The van der Waals surface area contributed by atoms with E-state index >= 15 is 0 Å². The summed E-state index contributed by atoms with van der Waals surface area (Å²) < 4.78 is 0. The Morgan fingerprint density at radius 1 is 1.71 bits per heavy atom. The second-order valence-electron chi connectivity index (χ2n) is 1.16. The highest BCUT2D eigenvalue weighted by Gasteiger charge is 1.91. The van der Waals surface area contributed by atoms with Crippen molar-refractivity contribution in [3.63, 3.8) is 0 Å². The third-order valence-electron chi connectivity index (χ3n) is 0.515. The molecule has 7 heavy (non-hydrogen) atoms. The van der Waals surface area contributed by atoms with Gasteiger partial charge in [0.25, 0.3) is 0 Å². The van der Waals surface area contributed by atoms with Gasteiger partial charge in [0.1, 0.15) is 0 Å². The molecule has 1 radical (unpaired) electrons. The van der Waals surface area contributed by atoms with Crippen molar-refractivity contribution in [2.24, 2.45) is 0 Å². The third kappa shape index (κ3) is 6.37. The zero-order valence-corrected chi connectivity index (χ0v) is 6.22. The van der Waals surface area contributed by atoms with Gasteiger partial charge in [-0.2, -0.15) is 0 Å². The Labute approximate surface area is 57.0 Å². The van der Waals surface area contributed by atoms with Crippen LogP contribution in [0.3, 0.4) is 0 Å². The van der Waals surface area contributed by atoms with Crippen LogP contribution in [0.4, 0.5) is 0 Å². The first-order valence-electron chi connectivity index (χ1n) is 2.03. The normalized spacial score (nSPS) is 8.71. The lowest BCUT2D eigenvalue weighted by Crippen LogP contribution is -1.84. The van der Waals surface area contributed by atoms with Crippen LogP contribution in [-0.2, 0) is 4.79 Å². The smallest absolute Gasteiger partial charge is 0.218 e. The van der Waals surface area contributed by atoms with Gasteiger partial charge in [0.05, 0.1) is 0 Å². The molecule has 0 saturated heterocycles. The number of halogens is 1. The lowest BCUT2D eigenvalue weighted by molar-refractivity contribution is -0.110. The van der Waals surface area contributed by atoms with Gasteiger partial charge in [0.15, 0.2) is 0 Å². The van der Waals surface area contributed by atoms with Gasteiger partial charge in [-0.25, -0.2) is 0 Å². The molecule has 0 aliphatic rings. The number of carbonyl (C=O) groups excluding carboxylic acids is 1. The number of carbonyl (C=O) groups is 1. The number of hydrogen-bond acceptors (Lipinski definition) is 1. The van der Waals surface area contributed by atoms with Gasteiger partial charge < -0.3 is 0 Å². The summed E-state index contributed by atoms with van der Waals surface area (Å²) in [7, 11) is 0. The van der Waals surface area contributed by atoms with Crippen molar-refractivity contribution < 1.29 is 4.79 Å². The molecule has 0 aliphatic heterocycles. The Balaban J connectivity index is 2.82. The summed E-state index contributed by atoms with van der Waals surface area (Å²) in [6.45, 7) is 0. The van der Waals surface area contributed by atoms with Gasteiger partial charge in [-0.3, -0.25) is 4.79 Å². The van der Waals surface area contributed by atoms with Crippen molar-refractivity contribution in [3.8, 4) is 0 Å². The molecule has 0 rings (SSSR count).